The van der Waals surface area contributed by atoms with Gasteiger partial charge in [0, 0.05) is 10.6 Å². The van der Waals surface area contributed by atoms with Gasteiger partial charge in [-0.25, -0.2) is 4.39 Å². The maximum absolute atomic E-state index is 12.9. The van der Waals surface area contributed by atoms with Crippen LogP contribution in [-0.2, 0) is 0 Å². The summed E-state index contributed by atoms with van der Waals surface area (Å²) in [5.41, 5.74) is 0. The van der Waals surface area contributed by atoms with Crippen molar-refractivity contribution in [1.82, 2.24) is 5.32 Å². The normalized spacial score (nSPS) is 12.6. The standard InChI is InChI=1S/C15H17BrFNOS/c1-2-8-18-14(15-13(16)7-9-19-15)10-20-12-5-3-11(17)4-6-12/h3-7,9,14,18H,2,8,10H2,1H3. The quantitative estimate of drug-likeness (QED) is 0.704. The van der Waals surface area contributed by atoms with Crippen molar-refractivity contribution >= 4 is 27.7 Å². The summed E-state index contributed by atoms with van der Waals surface area (Å²) >= 11 is 5.19. The van der Waals surface area contributed by atoms with Gasteiger partial charge in [-0.3, -0.25) is 0 Å². The number of thioether (sulfide) groups is 1. The Kier molecular flexibility index (Phi) is 6.13. The van der Waals surface area contributed by atoms with Crippen LogP contribution < -0.4 is 5.32 Å². The summed E-state index contributed by atoms with van der Waals surface area (Å²) in [7, 11) is 0. The molecule has 0 radical (unpaired) electrons. The van der Waals surface area contributed by atoms with Crippen LogP contribution in [0.1, 0.15) is 25.1 Å². The van der Waals surface area contributed by atoms with Crippen LogP contribution >= 0.6 is 27.7 Å². The van der Waals surface area contributed by atoms with Crippen molar-refractivity contribution in [2.24, 2.45) is 0 Å². The molecule has 1 atom stereocenters. The summed E-state index contributed by atoms with van der Waals surface area (Å²) in [4.78, 5) is 1.05. The van der Waals surface area contributed by atoms with Gasteiger partial charge < -0.3 is 9.73 Å². The Morgan fingerprint density at radius 3 is 2.65 bits per heavy atom. The highest BCUT2D eigenvalue weighted by atomic mass is 79.9. The minimum absolute atomic E-state index is 0.134. The lowest BCUT2D eigenvalue weighted by molar-refractivity contribution is 0.433. The second-order valence-corrected chi connectivity index (χ2v) is 6.35. The van der Waals surface area contributed by atoms with E-state index in [0.717, 1.165) is 33.8 Å². The monoisotopic (exact) mass is 357 g/mol. The molecule has 0 amide bonds. The van der Waals surface area contributed by atoms with Gasteiger partial charge in [-0.1, -0.05) is 6.92 Å². The largest absolute Gasteiger partial charge is 0.466 e. The second-order valence-electron chi connectivity index (χ2n) is 4.40. The van der Waals surface area contributed by atoms with Crippen molar-refractivity contribution in [3.8, 4) is 0 Å². The van der Waals surface area contributed by atoms with Crippen LogP contribution in [0.4, 0.5) is 4.39 Å². The van der Waals surface area contributed by atoms with E-state index in [2.05, 4.69) is 28.2 Å². The minimum atomic E-state index is -0.205. The lowest BCUT2D eigenvalue weighted by Crippen LogP contribution is -2.24. The summed E-state index contributed by atoms with van der Waals surface area (Å²) in [6, 6.07) is 8.61. The summed E-state index contributed by atoms with van der Waals surface area (Å²) in [5.74, 6) is 1.54. The summed E-state index contributed by atoms with van der Waals surface area (Å²) in [5, 5.41) is 3.48. The average Bonchev–Trinajstić information content (AvgIpc) is 2.87. The van der Waals surface area contributed by atoms with E-state index < -0.39 is 0 Å². The van der Waals surface area contributed by atoms with Crippen molar-refractivity contribution in [3.05, 3.63) is 52.6 Å². The molecule has 0 aliphatic carbocycles. The molecule has 0 saturated carbocycles. The summed E-state index contributed by atoms with van der Waals surface area (Å²) in [6.45, 7) is 3.07. The van der Waals surface area contributed by atoms with Crippen LogP contribution in [0.2, 0.25) is 0 Å². The SMILES string of the molecule is CCCNC(CSc1ccc(F)cc1)c1occc1Br. The van der Waals surface area contributed by atoms with Gasteiger partial charge in [0.2, 0.25) is 0 Å². The number of hydrogen-bond donors (Lipinski definition) is 1. The molecular weight excluding hydrogens is 341 g/mol. The molecule has 20 heavy (non-hydrogen) atoms. The first-order valence-corrected chi connectivity index (χ1v) is 8.33. The van der Waals surface area contributed by atoms with Gasteiger partial charge in [0.15, 0.2) is 0 Å². The molecule has 1 aromatic heterocycles. The Balaban J connectivity index is 2.01. The van der Waals surface area contributed by atoms with Crippen LogP contribution in [0.25, 0.3) is 0 Å². The summed E-state index contributed by atoms with van der Waals surface area (Å²) < 4.78 is 19.4. The topological polar surface area (TPSA) is 25.2 Å². The third-order valence-electron chi connectivity index (χ3n) is 2.83. The van der Waals surface area contributed by atoms with E-state index in [9.17, 15) is 4.39 Å². The van der Waals surface area contributed by atoms with Crippen LogP contribution in [0, 0.1) is 5.82 Å². The molecule has 0 aliphatic heterocycles. The van der Waals surface area contributed by atoms with Gasteiger partial charge in [0.1, 0.15) is 11.6 Å². The summed E-state index contributed by atoms with van der Waals surface area (Å²) in [6.07, 6.45) is 2.75. The zero-order chi connectivity index (χ0) is 14.4. The lowest BCUT2D eigenvalue weighted by atomic mass is 10.2. The predicted octanol–water partition coefficient (Wildman–Crippen LogP) is 5.01. The number of hydrogen-bond acceptors (Lipinski definition) is 3. The first-order valence-electron chi connectivity index (χ1n) is 6.55. The molecule has 1 N–H and O–H groups in total. The van der Waals surface area contributed by atoms with Crippen LogP contribution in [-0.4, -0.2) is 12.3 Å². The molecule has 0 fully saturated rings. The molecule has 2 aromatic rings. The van der Waals surface area contributed by atoms with Crippen molar-refractivity contribution in [2.75, 3.05) is 12.3 Å². The van der Waals surface area contributed by atoms with Gasteiger partial charge in [-0.15, -0.1) is 11.8 Å². The number of furan rings is 1. The van der Waals surface area contributed by atoms with Gasteiger partial charge >= 0.3 is 0 Å². The highest BCUT2D eigenvalue weighted by Gasteiger charge is 2.17. The van der Waals surface area contributed by atoms with Crippen molar-refractivity contribution < 1.29 is 8.81 Å². The number of rotatable bonds is 7. The van der Waals surface area contributed by atoms with Crippen LogP contribution in [0.5, 0.6) is 0 Å². The van der Waals surface area contributed by atoms with E-state index in [1.165, 1.54) is 12.1 Å². The minimum Gasteiger partial charge on any atom is -0.466 e. The van der Waals surface area contributed by atoms with Crippen LogP contribution in [0.3, 0.4) is 0 Å². The van der Waals surface area contributed by atoms with E-state index in [4.69, 9.17) is 4.42 Å². The fraction of sp³-hybridized carbons (Fsp3) is 0.333. The molecule has 108 valence electrons. The zero-order valence-corrected chi connectivity index (χ0v) is 13.6. The molecule has 1 aromatic carbocycles. The molecule has 0 aliphatic rings. The smallest absolute Gasteiger partial charge is 0.135 e. The Bertz CT molecular complexity index is 529. The number of halogens is 2. The molecule has 0 saturated heterocycles. The lowest BCUT2D eigenvalue weighted by Gasteiger charge is -2.16. The predicted molar refractivity (Wildman–Crippen MR) is 84.6 cm³/mol. The first-order chi connectivity index (χ1) is 9.70. The molecule has 2 rings (SSSR count). The van der Waals surface area contributed by atoms with Gasteiger partial charge in [-0.2, -0.15) is 0 Å². The van der Waals surface area contributed by atoms with E-state index >= 15 is 0 Å². The van der Waals surface area contributed by atoms with E-state index in [0.29, 0.717) is 0 Å². The van der Waals surface area contributed by atoms with Gasteiger partial charge in [0.25, 0.3) is 0 Å². The maximum Gasteiger partial charge on any atom is 0.135 e. The van der Waals surface area contributed by atoms with E-state index in [1.807, 2.05) is 6.07 Å². The Morgan fingerprint density at radius 1 is 1.30 bits per heavy atom. The molecule has 0 spiro atoms. The van der Waals surface area contributed by atoms with Crippen molar-refractivity contribution in [1.29, 1.82) is 0 Å². The molecule has 5 heteroatoms. The molecule has 2 nitrogen and oxygen atoms in total. The molecule has 1 unspecified atom stereocenters. The number of nitrogens with one attached hydrogen (secondary N) is 1. The molecule has 1 heterocycles. The highest BCUT2D eigenvalue weighted by Crippen LogP contribution is 2.30. The molecule has 0 bridgehead atoms. The van der Waals surface area contributed by atoms with Gasteiger partial charge in [-0.05, 0) is 59.2 Å². The van der Waals surface area contributed by atoms with E-state index in [-0.39, 0.29) is 11.9 Å². The van der Waals surface area contributed by atoms with Crippen molar-refractivity contribution in [3.63, 3.8) is 0 Å². The Hall–Kier alpha value is -0.780. The van der Waals surface area contributed by atoms with E-state index in [1.54, 1.807) is 30.2 Å². The average molecular weight is 358 g/mol. The fourth-order valence-electron chi connectivity index (χ4n) is 1.81. The van der Waals surface area contributed by atoms with Gasteiger partial charge in [0.05, 0.1) is 16.8 Å². The molecular formula is C15H17BrFNOS. The Labute approximate surface area is 131 Å². The second kappa shape index (κ2) is 7.86. The zero-order valence-electron chi connectivity index (χ0n) is 11.2. The third kappa shape index (κ3) is 4.36. The third-order valence-corrected chi connectivity index (χ3v) is 4.59. The number of benzene rings is 1. The first kappa shape index (κ1) is 15.6. The maximum atomic E-state index is 12.9. The van der Waals surface area contributed by atoms with Crippen LogP contribution in [0.15, 0.2) is 50.4 Å². The fourth-order valence-corrected chi connectivity index (χ4v) is 3.24. The Morgan fingerprint density at radius 2 is 2.05 bits per heavy atom. The highest BCUT2D eigenvalue weighted by molar-refractivity contribution is 9.10. The van der Waals surface area contributed by atoms with Crippen molar-refractivity contribution in [2.45, 2.75) is 24.3 Å².